The van der Waals surface area contributed by atoms with Gasteiger partial charge in [0.25, 0.3) is 0 Å². The molecule has 0 bridgehead atoms. The van der Waals surface area contributed by atoms with Crippen LogP contribution >= 0.6 is 0 Å². The minimum absolute atomic E-state index is 0.584. The van der Waals surface area contributed by atoms with Crippen LogP contribution in [0.1, 0.15) is 39.5 Å². The fourth-order valence-electron chi connectivity index (χ4n) is 1.10. The fraction of sp³-hybridized carbons (Fsp3) is 0.583. The highest BCUT2D eigenvalue weighted by atomic mass is 16.3. The Morgan fingerprint density at radius 3 is 2.64 bits per heavy atom. The maximum Gasteiger partial charge on any atom is 0.120 e. The van der Waals surface area contributed by atoms with E-state index in [1.165, 1.54) is 5.57 Å². The van der Waals surface area contributed by atoms with Gasteiger partial charge in [0.15, 0.2) is 0 Å². The van der Waals surface area contributed by atoms with Crippen LogP contribution in [0.4, 0.5) is 0 Å². The lowest BCUT2D eigenvalue weighted by atomic mass is 9.99. The Balaban J connectivity index is 3.80. The Bertz CT molecular complexity index is 214. The average molecular weight is 196 g/mol. The smallest absolute Gasteiger partial charge is 0.120 e. The second-order valence-electron chi connectivity index (χ2n) is 3.86. The van der Waals surface area contributed by atoms with Crippen LogP contribution < -0.4 is 0 Å². The SMILES string of the molecule is C=CC(C)(O)CC/C=C(\C)CCC=O. The van der Waals surface area contributed by atoms with E-state index in [4.69, 9.17) is 0 Å². The number of hydrogen-bond donors (Lipinski definition) is 1. The number of carbonyl (C=O) groups is 1. The van der Waals surface area contributed by atoms with Gasteiger partial charge in [0.05, 0.1) is 5.60 Å². The largest absolute Gasteiger partial charge is 0.386 e. The van der Waals surface area contributed by atoms with Gasteiger partial charge in [-0.3, -0.25) is 0 Å². The van der Waals surface area contributed by atoms with E-state index in [0.717, 1.165) is 19.1 Å². The minimum atomic E-state index is -0.776. The number of aldehydes is 1. The zero-order chi connectivity index (χ0) is 11.0. The highest BCUT2D eigenvalue weighted by Crippen LogP contribution is 2.14. The van der Waals surface area contributed by atoms with Gasteiger partial charge in [-0.25, -0.2) is 0 Å². The molecule has 0 aliphatic heterocycles. The monoisotopic (exact) mass is 196 g/mol. The number of hydrogen-bond acceptors (Lipinski definition) is 2. The van der Waals surface area contributed by atoms with Gasteiger partial charge < -0.3 is 9.90 Å². The van der Waals surface area contributed by atoms with Crippen LogP contribution in [0.3, 0.4) is 0 Å². The van der Waals surface area contributed by atoms with E-state index >= 15 is 0 Å². The summed E-state index contributed by atoms with van der Waals surface area (Å²) in [4.78, 5) is 10.1. The first-order chi connectivity index (χ1) is 6.52. The maximum absolute atomic E-state index is 10.1. The molecule has 14 heavy (non-hydrogen) atoms. The fourth-order valence-corrected chi connectivity index (χ4v) is 1.10. The number of aliphatic hydroxyl groups is 1. The molecule has 0 heterocycles. The van der Waals surface area contributed by atoms with Gasteiger partial charge in [0.1, 0.15) is 6.29 Å². The summed E-state index contributed by atoms with van der Waals surface area (Å²) in [5, 5.41) is 9.61. The predicted octanol–water partition coefficient (Wildman–Crippen LogP) is 2.63. The topological polar surface area (TPSA) is 37.3 Å². The lowest BCUT2D eigenvalue weighted by Crippen LogP contribution is -2.19. The highest BCUT2D eigenvalue weighted by molar-refractivity contribution is 5.49. The third-order valence-electron chi connectivity index (χ3n) is 2.24. The zero-order valence-corrected chi connectivity index (χ0v) is 9.12. The highest BCUT2D eigenvalue weighted by Gasteiger charge is 2.12. The molecule has 2 heteroatoms. The van der Waals surface area contributed by atoms with Crippen molar-refractivity contribution in [3.05, 3.63) is 24.3 Å². The first-order valence-corrected chi connectivity index (χ1v) is 4.97. The van der Waals surface area contributed by atoms with Gasteiger partial charge in [-0.1, -0.05) is 17.7 Å². The molecule has 0 spiro atoms. The number of allylic oxidation sites excluding steroid dienone is 2. The van der Waals surface area contributed by atoms with E-state index in [2.05, 4.69) is 12.7 Å². The van der Waals surface area contributed by atoms with E-state index in [1.54, 1.807) is 13.0 Å². The van der Waals surface area contributed by atoms with Crippen molar-refractivity contribution in [1.29, 1.82) is 0 Å². The van der Waals surface area contributed by atoms with Crippen molar-refractivity contribution in [2.75, 3.05) is 0 Å². The van der Waals surface area contributed by atoms with Gasteiger partial charge in [0, 0.05) is 6.42 Å². The molecular formula is C12H20O2. The molecule has 0 saturated heterocycles. The summed E-state index contributed by atoms with van der Waals surface area (Å²) in [6.07, 6.45) is 7.46. The van der Waals surface area contributed by atoms with Crippen LogP contribution in [-0.4, -0.2) is 17.0 Å². The summed E-state index contributed by atoms with van der Waals surface area (Å²) in [5.74, 6) is 0. The van der Waals surface area contributed by atoms with Crippen LogP contribution in [0.15, 0.2) is 24.3 Å². The van der Waals surface area contributed by atoms with E-state index in [0.29, 0.717) is 12.8 Å². The predicted molar refractivity (Wildman–Crippen MR) is 59.1 cm³/mol. The van der Waals surface area contributed by atoms with E-state index < -0.39 is 5.60 Å². The van der Waals surface area contributed by atoms with Gasteiger partial charge in [-0.2, -0.15) is 0 Å². The molecule has 1 unspecified atom stereocenters. The van der Waals surface area contributed by atoms with Gasteiger partial charge >= 0.3 is 0 Å². The van der Waals surface area contributed by atoms with Crippen LogP contribution in [0.5, 0.6) is 0 Å². The second kappa shape index (κ2) is 6.55. The van der Waals surface area contributed by atoms with Crippen molar-refractivity contribution in [2.24, 2.45) is 0 Å². The van der Waals surface area contributed by atoms with E-state index in [9.17, 15) is 9.90 Å². The van der Waals surface area contributed by atoms with Crippen molar-refractivity contribution < 1.29 is 9.90 Å². The maximum atomic E-state index is 10.1. The molecule has 1 N–H and O–H groups in total. The third-order valence-corrected chi connectivity index (χ3v) is 2.24. The lowest BCUT2D eigenvalue weighted by molar-refractivity contribution is -0.107. The molecule has 0 aromatic rings. The van der Waals surface area contributed by atoms with Gasteiger partial charge in [-0.15, -0.1) is 6.58 Å². The molecule has 0 aromatic heterocycles. The van der Waals surface area contributed by atoms with Gasteiger partial charge in [0.2, 0.25) is 0 Å². The second-order valence-corrected chi connectivity index (χ2v) is 3.86. The van der Waals surface area contributed by atoms with Crippen molar-refractivity contribution in [2.45, 2.75) is 45.1 Å². The Hall–Kier alpha value is -0.890. The van der Waals surface area contributed by atoms with Gasteiger partial charge in [-0.05, 0) is 33.1 Å². The Kier molecular flexibility index (Phi) is 6.13. The average Bonchev–Trinajstić information content (AvgIpc) is 2.14. The third kappa shape index (κ3) is 6.61. The Labute approximate surface area is 86.3 Å². The van der Waals surface area contributed by atoms with Crippen molar-refractivity contribution in [3.8, 4) is 0 Å². The number of carbonyl (C=O) groups excluding carboxylic acids is 1. The molecule has 0 aromatic carbocycles. The van der Waals surface area contributed by atoms with E-state index in [1.807, 2.05) is 6.92 Å². The molecular weight excluding hydrogens is 176 g/mol. The van der Waals surface area contributed by atoms with Crippen LogP contribution in [-0.2, 0) is 4.79 Å². The molecule has 0 aliphatic rings. The zero-order valence-electron chi connectivity index (χ0n) is 9.12. The molecule has 80 valence electrons. The summed E-state index contributed by atoms with van der Waals surface area (Å²) in [7, 11) is 0. The summed E-state index contributed by atoms with van der Waals surface area (Å²) in [6, 6.07) is 0. The molecule has 1 atom stereocenters. The summed E-state index contributed by atoms with van der Waals surface area (Å²) >= 11 is 0. The molecule has 0 rings (SSSR count). The van der Waals surface area contributed by atoms with Crippen molar-refractivity contribution in [1.82, 2.24) is 0 Å². The Morgan fingerprint density at radius 1 is 1.50 bits per heavy atom. The standard InChI is InChI=1S/C12H20O2/c1-4-12(3,14)9-5-7-11(2)8-6-10-13/h4,7,10,14H,1,5-6,8-9H2,2-3H3/b11-7+. The van der Waals surface area contributed by atoms with Crippen molar-refractivity contribution in [3.63, 3.8) is 0 Å². The summed E-state index contributed by atoms with van der Waals surface area (Å²) in [5.41, 5.74) is 0.429. The minimum Gasteiger partial charge on any atom is -0.386 e. The Morgan fingerprint density at radius 2 is 2.14 bits per heavy atom. The first-order valence-electron chi connectivity index (χ1n) is 4.97. The molecule has 0 saturated carbocycles. The van der Waals surface area contributed by atoms with E-state index in [-0.39, 0.29) is 0 Å². The summed E-state index contributed by atoms with van der Waals surface area (Å²) in [6.45, 7) is 7.31. The number of rotatable bonds is 7. The normalized spacial score (nSPS) is 16.1. The molecule has 0 radical (unpaired) electrons. The quantitative estimate of drug-likeness (QED) is 0.502. The van der Waals surface area contributed by atoms with Crippen LogP contribution in [0.2, 0.25) is 0 Å². The molecule has 2 nitrogen and oxygen atoms in total. The first kappa shape index (κ1) is 13.1. The molecule has 0 amide bonds. The molecule has 0 aliphatic carbocycles. The van der Waals surface area contributed by atoms with Crippen LogP contribution in [0, 0.1) is 0 Å². The summed E-state index contributed by atoms with van der Waals surface area (Å²) < 4.78 is 0. The van der Waals surface area contributed by atoms with Crippen LogP contribution in [0.25, 0.3) is 0 Å². The van der Waals surface area contributed by atoms with Crippen molar-refractivity contribution >= 4 is 6.29 Å². The molecule has 0 fully saturated rings. The lowest BCUT2D eigenvalue weighted by Gasteiger charge is -2.16.